The van der Waals surface area contributed by atoms with Gasteiger partial charge >= 0.3 is 5.97 Å². The van der Waals surface area contributed by atoms with Crippen LogP contribution in [0.3, 0.4) is 0 Å². The largest absolute Gasteiger partial charge is 0.453 e. The second-order valence-electron chi connectivity index (χ2n) is 7.41. The van der Waals surface area contributed by atoms with E-state index in [2.05, 4.69) is 38.4 Å². The Balaban J connectivity index is 1.57. The first-order chi connectivity index (χ1) is 14.1. The van der Waals surface area contributed by atoms with Gasteiger partial charge in [0, 0.05) is 12.0 Å². The Morgan fingerprint density at radius 3 is 2.55 bits per heavy atom. The number of rotatable bonds is 7. The average molecular weight is 454 g/mol. The molecular weight excluding hydrogens is 430 g/mol. The molecule has 1 aliphatic rings. The number of aromatic amines is 1. The Hall–Kier alpha value is -2.60. The highest BCUT2D eigenvalue weighted by atomic mass is 79.9. The lowest BCUT2D eigenvalue weighted by Crippen LogP contribution is -2.27. The topological polar surface area (TPSA) is 67.0 Å². The number of anilines is 1. The maximum Gasteiger partial charge on any atom is 0.329 e. The summed E-state index contributed by atoms with van der Waals surface area (Å²) in [6.45, 7) is 2.15. The number of nitrogens with zero attached hydrogens (tertiary/aromatic N) is 1. The van der Waals surface area contributed by atoms with Gasteiger partial charge in [0.05, 0.1) is 10.2 Å². The highest BCUT2D eigenvalue weighted by Crippen LogP contribution is 2.43. The van der Waals surface area contributed by atoms with Crippen LogP contribution in [0.25, 0.3) is 11.3 Å². The van der Waals surface area contributed by atoms with Crippen LogP contribution in [-0.2, 0) is 15.1 Å². The number of unbranched alkanes of at least 4 members (excludes halogenated alkanes) is 1. The van der Waals surface area contributed by atoms with Crippen molar-refractivity contribution in [2.75, 3.05) is 5.32 Å². The number of H-pyrrole nitrogens is 1. The van der Waals surface area contributed by atoms with Crippen molar-refractivity contribution >= 4 is 27.7 Å². The van der Waals surface area contributed by atoms with E-state index in [-0.39, 0.29) is 5.97 Å². The molecule has 0 amide bonds. The third-order valence-electron chi connectivity index (χ3n) is 5.43. The predicted molar refractivity (Wildman–Crippen MR) is 117 cm³/mol. The van der Waals surface area contributed by atoms with Crippen LogP contribution in [0.5, 0.6) is 0 Å². The normalized spacial score (nSPS) is 21.2. The second kappa shape index (κ2) is 8.41. The number of carbonyl (C=O) groups excluding carboxylic acids is 1. The first kappa shape index (κ1) is 19.7. The first-order valence-corrected chi connectivity index (χ1v) is 10.8. The van der Waals surface area contributed by atoms with Crippen LogP contribution < -0.4 is 5.32 Å². The lowest BCUT2D eigenvalue weighted by molar-refractivity contribution is -0.150. The van der Waals surface area contributed by atoms with Gasteiger partial charge < -0.3 is 10.1 Å². The van der Waals surface area contributed by atoms with Crippen LogP contribution in [0.1, 0.15) is 38.2 Å². The molecule has 0 saturated carbocycles. The van der Waals surface area contributed by atoms with Crippen molar-refractivity contribution in [2.24, 2.45) is 0 Å². The second-order valence-corrected chi connectivity index (χ2v) is 8.21. The standard InChI is InChI=1S/C23H24BrN3O2/c1-2-3-14-23(17-12-8-5-9-13-17)15-18(22(28)29-23)25-21-19(24)20(26-27-21)16-10-6-4-7-11-16/h4-13,18H,2-3,14-15H2,1H3,(H2,25,26,27). The van der Waals surface area contributed by atoms with Gasteiger partial charge in [-0.15, -0.1) is 0 Å². The summed E-state index contributed by atoms with van der Waals surface area (Å²) in [5, 5.41) is 10.7. The molecule has 1 aliphatic heterocycles. The molecule has 1 aromatic heterocycles. The fourth-order valence-corrected chi connectivity index (χ4v) is 4.41. The molecule has 0 bridgehead atoms. The molecular formula is C23H24BrN3O2. The van der Waals surface area contributed by atoms with Gasteiger partial charge in [-0.3, -0.25) is 5.10 Å². The minimum Gasteiger partial charge on any atom is -0.453 e. The van der Waals surface area contributed by atoms with Gasteiger partial charge in [-0.2, -0.15) is 5.10 Å². The number of ether oxygens (including phenoxy) is 1. The van der Waals surface area contributed by atoms with Crippen molar-refractivity contribution in [1.29, 1.82) is 0 Å². The molecule has 5 nitrogen and oxygen atoms in total. The van der Waals surface area contributed by atoms with Gasteiger partial charge in [-0.25, -0.2) is 4.79 Å². The van der Waals surface area contributed by atoms with E-state index in [1.807, 2.05) is 60.7 Å². The summed E-state index contributed by atoms with van der Waals surface area (Å²) in [7, 11) is 0. The van der Waals surface area contributed by atoms with Crippen LogP contribution in [0, 0.1) is 0 Å². The van der Waals surface area contributed by atoms with Crippen molar-refractivity contribution < 1.29 is 9.53 Å². The highest BCUT2D eigenvalue weighted by Gasteiger charge is 2.47. The maximum atomic E-state index is 12.8. The van der Waals surface area contributed by atoms with Crippen LogP contribution in [0.2, 0.25) is 0 Å². The molecule has 1 saturated heterocycles. The number of esters is 1. The molecule has 1 fully saturated rings. The summed E-state index contributed by atoms with van der Waals surface area (Å²) in [4.78, 5) is 12.8. The molecule has 0 radical (unpaired) electrons. The summed E-state index contributed by atoms with van der Waals surface area (Å²) in [5.74, 6) is 0.381. The highest BCUT2D eigenvalue weighted by molar-refractivity contribution is 9.10. The van der Waals surface area contributed by atoms with Crippen molar-refractivity contribution in [1.82, 2.24) is 10.2 Å². The van der Waals surface area contributed by atoms with Gasteiger partial charge in [-0.05, 0) is 34.3 Å². The fraction of sp³-hybridized carbons (Fsp3) is 0.304. The quantitative estimate of drug-likeness (QED) is 0.453. The molecule has 2 heterocycles. The summed E-state index contributed by atoms with van der Waals surface area (Å²) < 4.78 is 6.81. The number of cyclic esters (lactones) is 1. The molecule has 29 heavy (non-hydrogen) atoms. The number of aromatic nitrogens is 2. The van der Waals surface area contributed by atoms with Gasteiger partial charge in [0.25, 0.3) is 0 Å². The molecule has 2 atom stereocenters. The van der Waals surface area contributed by atoms with Crippen LogP contribution in [0.15, 0.2) is 65.1 Å². The van der Waals surface area contributed by atoms with Gasteiger partial charge in [-0.1, -0.05) is 74.0 Å². The molecule has 0 spiro atoms. The number of carbonyl (C=O) groups is 1. The molecule has 150 valence electrons. The predicted octanol–water partition coefficient (Wildman–Crippen LogP) is 5.65. The summed E-state index contributed by atoms with van der Waals surface area (Å²) >= 11 is 3.62. The van der Waals surface area contributed by atoms with Crippen molar-refractivity contribution in [3.63, 3.8) is 0 Å². The van der Waals surface area contributed by atoms with E-state index in [0.717, 1.165) is 40.6 Å². The average Bonchev–Trinajstić information content (AvgIpc) is 3.28. The lowest BCUT2D eigenvalue weighted by Gasteiger charge is -2.28. The minimum atomic E-state index is -0.586. The van der Waals surface area contributed by atoms with Gasteiger partial charge in [0.15, 0.2) is 5.82 Å². The Morgan fingerprint density at radius 1 is 1.17 bits per heavy atom. The summed E-state index contributed by atoms with van der Waals surface area (Å²) in [5.41, 5.74) is 2.37. The monoisotopic (exact) mass is 453 g/mol. The third kappa shape index (κ3) is 3.94. The van der Waals surface area contributed by atoms with E-state index in [9.17, 15) is 4.79 Å². The Morgan fingerprint density at radius 2 is 1.86 bits per heavy atom. The molecule has 2 unspecified atom stereocenters. The number of halogens is 1. The zero-order chi connectivity index (χ0) is 20.3. The van der Waals surface area contributed by atoms with Gasteiger partial charge in [0.2, 0.25) is 0 Å². The summed E-state index contributed by atoms with van der Waals surface area (Å²) in [6, 6.07) is 19.6. The lowest BCUT2D eigenvalue weighted by atomic mass is 9.85. The smallest absolute Gasteiger partial charge is 0.329 e. The van der Waals surface area contributed by atoms with E-state index >= 15 is 0 Å². The third-order valence-corrected chi connectivity index (χ3v) is 6.20. The number of hydrogen-bond donors (Lipinski definition) is 2. The zero-order valence-corrected chi connectivity index (χ0v) is 17.9. The molecule has 6 heteroatoms. The minimum absolute atomic E-state index is 0.235. The first-order valence-electron chi connectivity index (χ1n) is 9.97. The van der Waals surface area contributed by atoms with E-state index in [1.54, 1.807) is 0 Å². The number of hydrogen-bond acceptors (Lipinski definition) is 4. The Kier molecular flexibility index (Phi) is 5.72. The SMILES string of the molecule is CCCCC1(c2ccccc2)CC(Nc2n[nH]c(-c3ccccc3)c2Br)C(=O)O1. The number of nitrogens with one attached hydrogen (secondary N) is 2. The van der Waals surface area contributed by atoms with Crippen LogP contribution in [0.4, 0.5) is 5.82 Å². The van der Waals surface area contributed by atoms with Crippen molar-refractivity contribution in [2.45, 2.75) is 44.2 Å². The maximum absolute atomic E-state index is 12.8. The fourth-order valence-electron chi connectivity index (χ4n) is 3.89. The molecule has 2 N–H and O–H groups in total. The van der Waals surface area contributed by atoms with Crippen LogP contribution in [-0.4, -0.2) is 22.2 Å². The zero-order valence-electron chi connectivity index (χ0n) is 16.3. The van der Waals surface area contributed by atoms with Crippen molar-refractivity contribution in [3.05, 3.63) is 70.7 Å². The molecule has 4 rings (SSSR count). The molecule has 3 aromatic rings. The summed E-state index contributed by atoms with van der Waals surface area (Å²) in [6.07, 6.45) is 3.44. The van der Waals surface area contributed by atoms with E-state index in [1.165, 1.54) is 0 Å². The Bertz CT molecular complexity index is 974. The van der Waals surface area contributed by atoms with Crippen molar-refractivity contribution in [3.8, 4) is 11.3 Å². The number of benzene rings is 2. The van der Waals surface area contributed by atoms with Gasteiger partial charge in [0.1, 0.15) is 11.6 Å². The van der Waals surface area contributed by atoms with E-state index in [4.69, 9.17) is 4.74 Å². The van der Waals surface area contributed by atoms with E-state index < -0.39 is 11.6 Å². The van der Waals surface area contributed by atoms with Crippen LogP contribution >= 0.6 is 15.9 Å². The molecule has 2 aromatic carbocycles. The van der Waals surface area contributed by atoms with E-state index in [0.29, 0.717) is 12.2 Å². The molecule has 0 aliphatic carbocycles. The Labute approximate surface area is 179 Å².